The number of benzene rings is 1. The van der Waals surface area contributed by atoms with Gasteiger partial charge in [-0.25, -0.2) is 0 Å². The molecule has 0 aromatic heterocycles. The molecule has 0 unspecified atom stereocenters. The molecular weight excluding hydrogens is 334 g/mol. The van der Waals surface area contributed by atoms with Crippen LogP contribution in [0.3, 0.4) is 0 Å². The smallest absolute Gasteiger partial charge is 0.0900 e. The Kier molecular flexibility index (Phi) is 7.35. The summed E-state index contributed by atoms with van der Waals surface area (Å²) in [5.74, 6) is 1.50. The molecule has 3 nitrogen and oxygen atoms in total. The molecule has 1 saturated heterocycles. The largest absolute Gasteiger partial charge is 0.389 e. The van der Waals surface area contributed by atoms with Crippen molar-refractivity contribution in [1.29, 1.82) is 0 Å². The van der Waals surface area contributed by atoms with Crippen molar-refractivity contribution < 1.29 is 9.84 Å². The third-order valence-electron chi connectivity index (χ3n) is 6.41. The number of piperidine rings is 1. The summed E-state index contributed by atoms with van der Waals surface area (Å²) in [5.41, 5.74) is 1.82. The minimum Gasteiger partial charge on any atom is -0.389 e. The van der Waals surface area contributed by atoms with Crippen LogP contribution in [-0.4, -0.2) is 48.5 Å². The Labute approximate surface area is 166 Å². The Morgan fingerprint density at radius 2 is 1.85 bits per heavy atom. The number of aliphatic hydroxyl groups is 1. The zero-order chi connectivity index (χ0) is 19.3. The minimum absolute atomic E-state index is 0.315. The standard InChI is InChI=1S/C24H39NO2/c1-19-13-23(16-24(2,3)15-19)27-18-22(26)17-25-11-9-21(10-12-25)14-20-7-5-4-6-8-20/h4-8,19,21-23,26H,9-18H2,1-3H3/t19-,22-,23-/m1/s1. The summed E-state index contributed by atoms with van der Waals surface area (Å²) >= 11 is 0. The van der Waals surface area contributed by atoms with E-state index in [-0.39, 0.29) is 6.10 Å². The fourth-order valence-electron chi connectivity index (χ4n) is 5.30. The van der Waals surface area contributed by atoms with E-state index in [4.69, 9.17) is 4.74 Å². The monoisotopic (exact) mass is 373 g/mol. The molecule has 0 radical (unpaired) electrons. The Morgan fingerprint density at radius 1 is 1.15 bits per heavy atom. The van der Waals surface area contributed by atoms with Gasteiger partial charge in [0.2, 0.25) is 0 Å². The van der Waals surface area contributed by atoms with E-state index < -0.39 is 0 Å². The van der Waals surface area contributed by atoms with E-state index >= 15 is 0 Å². The van der Waals surface area contributed by atoms with E-state index in [9.17, 15) is 5.11 Å². The number of nitrogens with zero attached hydrogens (tertiary/aromatic N) is 1. The molecule has 152 valence electrons. The topological polar surface area (TPSA) is 32.7 Å². The van der Waals surface area contributed by atoms with E-state index in [2.05, 4.69) is 56.0 Å². The van der Waals surface area contributed by atoms with Crippen molar-refractivity contribution in [2.75, 3.05) is 26.2 Å². The van der Waals surface area contributed by atoms with Gasteiger partial charge in [0.1, 0.15) is 0 Å². The fourth-order valence-corrected chi connectivity index (χ4v) is 5.30. The highest BCUT2D eigenvalue weighted by atomic mass is 16.5. The Balaban J connectivity index is 1.34. The first-order chi connectivity index (χ1) is 12.9. The van der Waals surface area contributed by atoms with E-state index in [0.717, 1.165) is 44.3 Å². The average molecular weight is 374 g/mol. The molecule has 0 amide bonds. The fraction of sp³-hybridized carbons (Fsp3) is 0.750. The minimum atomic E-state index is -0.365. The molecule has 0 spiro atoms. The van der Waals surface area contributed by atoms with Crippen LogP contribution in [0.4, 0.5) is 0 Å². The summed E-state index contributed by atoms with van der Waals surface area (Å²) in [5, 5.41) is 10.5. The lowest BCUT2D eigenvalue weighted by atomic mass is 9.71. The summed E-state index contributed by atoms with van der Waals surface area (Å²) in [6.07, 6.45) is 7.15. The van der Waals surface area contributed by atoms with E-state index in [1.54, 1.807) is 0 Å². The van der Waals surface area contributed by atoms with Gasteiger partial charge in [-0.15, -0.1) is 0 Å². The zero-order valence-corrected chi connectivity index (χ0v) is 17.6. The summed E-state index contributed by atoms with van der Waals surface area (Å²) in [6.45, 7) is 10.4. The van der Waals surface area contributed by atoms with Crippen LogP contribution < -0.4 is 0 Å². The number of hydrogen-bond acceptors (Lipinski definition) is 3. The summed E-state index contributed by atoms with van der Waals surface area (Å²) < 4.78 is 6.12. The first-order valence-electron chi connectivity index (χ1n) is 11.0. The number of aliphatic hydroxyl groups excluding tert-OH is 1. The van der Waals surface area contributed by atoms with Crippen LogP contribution in [0.5, 0.6) is 0 Å². The Bertz CT molecular complexity index is 551. The molecule has 3 atom stereocenters. The Hall–Kier alpha value is -0.900. The first-order valence-corrected chi connectivity index (χ1v) is 11.0. The van der Waals surface area contributed by atoms with Crippen molar-refractivity contribution in [3.05, 3.63) is 35.9 Å². The predicted molar refractivity (Wildman–Crippen MR) is 112 cm³/mol. The third kappa shape index (κ3) is 6.89. The molecule has 0 bridgehead atoms. The van der Waals surface area contributed by atoms with Crippen molar-refractivity contribution >= 4 is 0 Å². The molecular formula is C24H39NO2. The number of rotatable bonds is 7. The molecule has 1 saturated carbocycles. The molecule has 27 heavy (non-hydrogen) atoms. The summed E-state index contributed by atoms with van der Waals surface area (Å²) in [4.78, 5) is 2.42. The van der Waals surface area contributed by atoms with Gasteiger partial charge in [0.15, 0.2) is 0 Å². The van der Waals surface area contributed by atoms with Gasteiger partial charge < -0.3 is 14.7 Å². The maximum atomic E-state index is 10.5. The van der Waals surface area contributed by atoms with Crippen molar-refractivity contribution in [2.45, 2.75) is 71.5 Å². The predicted octanol–water partition coefficient (Wildman–Crippen LogP) is 4.53. The molecule has 2 fully saturated rings. The molecule has 1 aromatic carbocycles. The molecule has 1 aliphatic carbocycles. The molecule has 1 heterocycles. The maximum Gasteiger partial charge on any atom is 0.0900 e. The van der Waals surface area contributed by atoms with Crippen molar-refractivity contribution in [3.8, 4) is 0 Å². The van der Waals surface area contributed by atoms with Crippen LogP contribution >= 0.6 is 0 Å². The average Bonchev–Trinajstić information content (AvgIpc) is 2.61. The molecule has 1 aliphatic heterocycles. The number of likely N-dealkylation sites (tertiary alicyclic amines) is 1. The summed E-state index contributed by atoms with van der Waals surface area (Å²) in [7, 11) is 0. The van der Waals surface area contributed by atoms with Gasteiger partial charge in [-0.3, -0.25) is 0 Å². The van der Waals surface area contributed by atoms with Gasteiger partial charge in [0, 0.05) is 6.54 Å². The second-order valence-corrected chi connectivity index (χ2v) is 9.96. The van der Waals surface area contributed by atoms with E-state index in [0.29, 0.717) is 18.1 Å². The second kappa shape index (κ2) is 9.54. The number of β-amino-alcohol motifs (C(OH)–C–C–N with tert-alkyl or cyclic N) is 1. The lowest BCUT2D eigenvalue weighted by Crippen LogP contribution is -2.41. The number of ether oxygens (including phenoxy) is 1. The zero-order valence-electron chi connectivity index (χ0n) is 17.6. The quantitative estimate of drug-likeness (QED) is 0.762. The second-order valence-electron chi connectivity index (χ2n) is 9.96. The molecule has 3 heteroatoms. The van der Waals surface area contributed by atoms with Gasteiger partial charge in [-0.2, -0.15) is 0 Å². The van der Waals surface area contributed by atoms with Crippen LogP contribution in [0.1, 0.15) is 58.4 Å². The van der Waals surface area contributed by atoms with Crippen LogP contribution in [0.25, 0.3) is 0 Å². The third-order valence-corrected chi connectivity index (χ3v) is 6.41. The molecule has 2 aliphatic rings. The molecule has 1 N–H and O–H groups in total. The van der Waals surface area contributed by atoms with E-state index in [1.165, 1.54) is 31.2 Å². The van der Waals surface area contributed by atoms with Gasteiger partial charge in [-0.05, 0) is 74.4 Å². The van der Waals surface area contributed by atoms with Crippen LogP contribution in [0.2, 0.25) is 0 Å². The van der Waals surface area contributed by atoms with Gasteiger partial charge in [0.25, 0.3) is 0 Å². The molecule has 3 rings (SSSR count). The van der Waals surface area contributed by atoms with Crippen LogP contribution in [-0.2, 0) is 11.2 Å². The highest BCUT2D eigenvalue weighted by molar-refractivity contribution is 5.15. The number of hydrogen-bond donors (Lipinski definition) is 1. The lowest BCUT2D eigenvalue weighted by Gasteiger charge is -2.39. The SMILES string of the molecule is C[C@@H]1C[C@@H](OC[C@H](O)CN2CCC(Cc3ccccc3)CC2)CC(C)(C)C1. The highest BCUT2D eigenvalue weighted by Crippen LogP contribution is 2.39. The Morgan fingerprint density at radius 3 is 2.52 bits per heavy atom. The van der Waals surface area contributed by atoms with Crippen molar-refractivity contribution in [2.24, 2.45) is 17.3 Å². The highest BCUT2D eigenvalue weighted by Gasteiger charge is 2.33. The lowest BCUT2D eigenvalue weighted by molar-refractivity contribution is -0.0627. The van der Waals surface area contributed by atoms with Gasteiger partial charge >= 0.3 is 0 Å². The first kappa shape index (κ1) is 20.8. The van der Waals surface area contributed by atoms with Gasteiger partial charge in [-0.1, -0.05) is 51.1 Å². The van der Waals surface area contributed by atoms with Crippen molar-refractivity contribution in [3.63, 3.8) is 0 Å². The van der Waals surface area contributed by atoms with Crippen molar-refractivity contribution in [1.82, 2.24) is 4.90 Å². The van der Waals surface area contributed by atoms with Gasteiger partial charge in [0.05, 0.1) is 18.8 Å². The normalized spacial score (nSPS) is 28.1. The van der Waals surface area contributed by atoms with Crippen LogP contribution in [0, 0.1) is 17.3 Å². The summed E-state index contributed by atoms with van der Waals surface area (Å²) in [6, 6.07) is 10.8. The van der Waals surface area contributed by atoms with Crippen LogP contribution in [0.15, 0.2) is 30.3 Å². The maximum absolute atomic E-state index is 10.5. The van der Waals surface area contributed by atoms with E-state index in [1.807, 2.05) is 0 Å². The molecule has 1 aromatic rings.